The standard InChI is InChI=1S/C28H32N4O5S/c1-21(33)30-25-8-5-7-23(18-25)22-10-12-26(13-11-22)38(35,36)32(19-24-6-3-4-9-27(24)37-2)20-28(34)31-16-14-29-15-17-31/h3-13,18,29H,14-17,19-20H2,1-2H3,(H,30,33). The van der Waals surface area contributed by atoms with Crippen LogP contribution >= 0.6 is 0 Å². The Morgan fingerprint density at radius 3 is 2.37 bits per heavy atom. The lowest BCUT2D eigenvalue weighted by molar-refractivity contribution is -0.132. The van der Waals surface area contributed by atoms with Crippen LogP contribution in [-0.2, 0) is 26.2 Å². The number of para-hydroxylation sites is 1. The Morgan fingerprint density at radius 1 is 0.974 bits per heavy atom. The van der Waals surface area contributed by atoms with Gasteiger partial charge in [-0.05, 0) is 41.5 Å². The molecule has 3 aromatic rings. The number of amides is 2. The van der Waals surface area contributed by atoms with Crippen LogP contribution in [0.1, 0.15) is 12.5 Å². The van der Waals surface area contributed by atoms with Crippen molar-refractivity contribution in [1.29, 1.82) is 0 Å². The van der Waals surface area contributed by atoms with E-state index < -0.39 is 10.0 Å². The Bertz CT molecular complexity index is 1390. The van der Waals surface area contributed by atoms with Crippen molar-refractivity contribution in [2.24, 2.45) is 0 Å². The lowest BCUT2D eigenvalue weighted by Gasteiger charge is -2.30. The summed E-state index contributed by atoms with van der Waals surface area (Å²) < 4.78 is 34.3. The fraction of sp³-hybridized carbons (Fsp3) is 0.286. The Morgan fingerprint density at radius 2 is 1.68 bits per heavy atom. The summed E-state index contributed by atoms with van der Waals surface area (Å²) in [6.45, 7) is 3.58. The van der Waals surface area contributed by atoms with Crippen molar-refractivity contribution in [3.8, 4) is 16.9 Å². The summed E-state index contributed by atoms with van der Waals surface area (Å²) in [6, 6.07) is 21.0. The van der Waals surface area contributed by atoms with E-state index in [4.69, 9.17) is 4.74 Å². The second-order valence-corrected chi connectivity index (χ2v) is 10.9. The van der Waals surface area contributed by atoms with E-state index in [2.05, 4.69) is 10.6 Å². The van der Waals surface area contributed by atoms with Gasteiger partial charge in [0, 0.05) is 50.9 Å². The number of methoxy groups -OCH3 is 1. The SMILES string of the molecule is COc1ccccc1CN(CC(=O)N1CCNCC1)S(=O)(=O)c1ccc(-c2cccc(NC(C)=O)c2)cc1. The zero-order valence-electron chi connectivity index (χ0n) is 21.5. The minimum Gasteiger partial charge on any atom is -0.496 e. The Labute approximate surface area is 223 Å². The first-order valence-corrected chi connectivity index (χ1v) is 13.8. The van der Waals surface area contributed by atoms with Gasteiger partial charge in [-0.1, -0.05) is 42.5 Å². The molecule has 0 spiro atoms. The molecule has 3 aromatic carbocycles. The number of carbonyl (C=O) groups is 2. The highest BCUT2D eigenvalue weighted by Gasteiger charge is 2.30. The van der Waals surface area contributed by atoms with Crippen LogP contribution in [0.4, 0.5) is 5.69 Å². The molecule has 1 fully saturated rings. The topological polar surface area (TPSA) is 108 Å². The van der Waals surface area contributed by atoms with Crippen molar-refractivity contribution in [3.63, 3.8) is 0 Å². The van der Waals surface area contributed by atoms with E-state index in [9.17, 15) is 18.0 Å². The Kier molecular flexibility index (Phi) is 8.77. The fourth-order valence-electron chi connectivity index (χ4n) is 4.36. The molecule has 0 atom stereocenters. The number of ether oxygens (including phenoxy) is 1. The summed E-state index contributed by atoms with van der Waals surface area (Å²) in [5, 5.41) is 5.95. The van der Waals surface area contributed by atoms with Crippen molar-refractivity contribution in [1.82, 2.24) is 14.5 Å². The highest BCUT2D eigenvalue weighted by atomic mass is 32.2. The summed E-state index contributed by atoms with van der Waals surface area (Å²) >= 11 is 0. The van der Waals surface area contributed by atoms with Gasteiger partial charge in [0.05, 0.1) is 18.6 Å². The second-order valence-electron chi connectivity index (χ2n) is 9.00. The molecule has 0 saturated carbocycles. The lowest BCUT2D eigenvalue weighted by Crippen LogP contribution is -2.50. The van der Waals surface area contributed by atoms with Crippen LogP contribution in [0.3, 0.4) is 0 Å². The molecule has 0 bridgehead atoms. The van der Waals surface area contributed by atoms with Gasteiger partial charge in [-0.15, -0.1) is 0 Å². The van der Waals surface area contributed by atoms with E-state index in [-0.39, 0.29) is 29.8 Å². The second kappa shape index (κ2) is 12.2. The van der Waals surface area contributed by atoms with Crippen molar-refractivity contribution in [2.75, 3.05) is 45.2 Å². The van der Waals surface area contributed by atoms with E-state index in [0.717, 1.165) is 11.1 Å². The zero-order chi connectivity index (χ0) is 27.1. The van der Waals surface area contributed by atoms with Gasteiger partial charge in [-0.3, -0.25) is 9.59 Å². The van der Waals surface area contributed by atoms with Crippen LogP contribution < -0.4 is 15.4 Å². The number of hydrogen-bond acceptors (Lipinski definition) is 6. The molecule has 1 saturated heterocycles. The number of anilines is 1. The molecule has 10 heteroatoms. The zero-order valence-corrected chi connectivity index (χ0v) is 22.3. The molecular weight excluding hydrogens is 504 g/mol. The maximum absolute atomic E-state index is 13.8. The van der Waals surface area contributed by atoms with E-state index >= 15 is 0 Å². The normalized spacial score (nSPS) is 13.8. The third-order valence-corrected chi connectivity index (χ3v) is 8.13. The minimum absolute atomic E-state index is 0.00924. The summed E-state index contributed by atoms with van der Waals surface area (Å²) in [5.74, 6) is 0.141. The molecular formula is C28H32N4O5S. The van der Waals surface area contributed by atoms with Crippen LogP contribution in [0.25, 0.3) is 11.1 Å². The molecule has 1 heterocycles. The molecule has 0 radical (unpaired) electrons. The van der Waals surface area contributed by atoms with Gasteiger partial charge in [-0.2, -0.15) is 4.31 Å². The smallest absolute Gasteiger partial charge is 0.243 e. The predicted octanol–water partition coefficient (Wildman–Crippen LogP) is 2.94. The highest BCUT2D eigenvalue weighted by Crippen LogP contribution is 2.27. The number of piperazine rings is 1. The molecule has 0 aliphatic carbocycles. The Balaban J connectivity index is 1.62. The average molecular weight is 537 g/mol. The van der Waals surface area contributed by atoms with Gasteiger partial charge in [0.15, 0.2) is 0 Å². The first-order valence-electron chi connectivity index (χ1n) is 12.4. The maximum atomic E-state index is 13.8. The molecule has 2 amide bonds. The van der Waals surface area contributed by atoms with Gasteiger partial charge in [0.1, 0.15) is 5.75 Å². The van der Waals surface area contributed by atoms with Gasteiger partial charge in [-0.25, -0.2) is 8.42 Å². The summed E-state index contributed by atoms with van der Waals surface area (Å²) in [6.07, 6.45) is 0. The molecule has 1 aliphatic heterocycles. The largest absolute Gasteiger partial charge is 0.496 e. The molecule has 9 nitrogen and oxygen atoms in total. The van der Waals surface area contributed by atoms with E-state index in [1.807, 2.05) is 30.3 Å². The number of rotatable bonds is 9. The predicted molar refractivity (Wildman–Crippen MR) is 146 cm³/mol. The van der Waals surface area contributed by atoms with E-state index in [1.54, 1.807) is 47.4 Å². The van der Waals surface area contributed by atoms with E-state index in [0.29, 0.717) is 43.2 Å². The van der Waals surface area contributed by atoms with Gasteiger partial charge >= 0.3 is 0 Å². The average Bonchev–Trinajstić information content (AvgIpc) is 2.93. The molecule has 200 valence electrons. The molecule has 38 heavy (non-hydrogen) atoms. The maximum Gasteiger partial charge on any atom is 0.243 e. The van der Waals surface area contributed by atoms with Crippen LogP contribution in [0.5, 0.6) is 5.75 Å². The molecule has 0 unspecified atom stereocenters. The van der Waals surface area contributed by atoms with Gasteiger partial charge < -0.3 is 20.3 Å². The van der Waals surface area contributed by atoms with E-state index in [1.165, 1.54) is 18.3 Å². The summed E-state index contributed by atoms with van der Waals surface area (Å²) in [7, 11) is -2.49. The van der Waals surface area contributed by atoms with Crippen LogP contribution in [-0.4, -0.2) is 69.3 Å². The first kappa shape index (κ1) is 27.3. The third-order valence-electron chi connectivity index (χ3n) is 6.33. The number of carbonyl (C=O) groups excluding carboxylic acids is 2. The van der Waals surface area contributed by atoms with Crippen LogP contribution in [0.2, 0.25) is 0 Å². The van der Waals surface area contributed by atoms with Gasteiger partial charge in [0.25, 0.3) is 0 Å². The molecule has 1 aliphatic rings. The number of benzene rings is 3. The van der Waals surface area contributed by atoms with Crippen molar-refractivity contribution in [2.45, 2.75) is 18.4 Å². The lowest BCUT2D eigenvalue weighted by atomic mass is 10.1. The van der Waals surface area contributed by atoms with Crippen molar-refractivity contribution < 1.29 is 22.7 Å². The quantitative estimate of drug-likeness (QED) is 0.436. The van der Waals surface area contributed by atoms with Crippen molar-refractivity contribution >= 4 is 27.5 Å². The highest BCUT2D eigenvalue weighted by molar-refractivity contribution is 7.89. The molecule has 4 rings (SSSR count). The van der Waals surface area contributed by atoms with Crippen molar-refractivity contribution in [3.05, 3.63) is 78.4 Å². The number of hydrogen-bond donors (Lipinski definition) is 2. The summed E-state index contributed by atoms with van der Waals surface area (Å²) in [4.78, 5) is 26.3. The fourth-order valence-corrected chi connectivity index (χ4v) is 5.73. The Hall–Kier alpha value is -3.73. The number of nitrogens with one attached hydrogen (secondary N) is 2. The minimum atomic E-state index is -4.02. The van der Waals surface area contributed by atoms with Crippen LogP contribution in [0.15, 0.2) is 77.7 Å². The number of sulfonamides is 1. The monoisotopic (exact) mass is 536 g/mol. The van der Waals surface area contributed by atoms with Gasteiger partial charge in [0.2, 0.25) is 21.8 Å². The first-order chi connectivity index (χ1) is 18.3. The van der Waals surface area contributed by atoms with Crippen LogP contribution in [0, 0.1) is 0 Å². The number of nitrogens with zero attached hydrogens (tertiary/aromatic N) is 2. The molecule has 0 aromatic heterocycles. The third kappa shape index (κ3) is 6.58. The summed E-state index contributed by atoms with van der Waals surface area (Å²) in [5.41, 5.74) is 2.95. The molecule has 2 N–H and O–H groups in total.